The number of carboxylic acids is 1. The highest BCUT2D eigenvalue weighted by Gasteiger charge is 2.68. The number of fused-ring (bicyclic) bond motifs is 1. The number of aliphatic carboxylic acids is 1. The van der Waals surface area contributed by atoms with E-state index >= 15 is 0 Å². The monoisotopic (exact) mass is 293 g/mol. The molecule has 0 bridgehead atoms. The van der Waals surface area contributed by atoms with Gasteiger partial charge in [0.15, 0.2) is 6.04 Å². The maximum absolute atomic E-state index is 12.5. The van der Waals surface area contributed by atoms with E-state index in [4.69, 9.17) is 11.6 Å². The molecule has 18 heavy (non-hydrogen) atoms. The predicted octanol–water partition coefficient (Wildman–Crippen LogP) is 0.927. The Balaban J connectivity index is 2.37. The van der Waals surface area contributed by atoms with E-state index in [1.807, 2.05) is 0 Å². The number of β-lactam (4-membered cyclic amide) rings is 1. The molecule has 0 aromatic rings. The fourth-order valence-corrected chi connectivity index (χ4v) is 5.50. The molecule has 0 saturated carbocycles. The number of carbonyl (C=O) groups is 2. The second-order valence-electron chi connectivity index (χ2n) is 5.77. The summed E-state index contributed by atoms with van der Waals surface area (Å²) >= 11 is 4.83. The Morgan fingerprint density at radius 2 is 2.17 bits per heavy atom. The molecule has 4 atom stereocenters. The van der Waals surface area contributed by atoms with Crippen molar-refractivity contribution in [3.05, 3.63) is 0 Å². The van der Waals surface area contributed by atoms with Crippen molar-refractivity contribution in [3.63, 3.8) is 0 Å². The van der Waals surface area contributed by atoms with E-state index in [0.717, 1.165) is 0 Å². The molecule has 4 unspecified atom stereocenters. The van der Waals surface area contributed by atoms with Gasteiger partial charge in [-0.2, -0.15) is 0 Å². The fraction of sp³-hybridized carbons (Fsp3) is 0.818. The van der Waals surface area contributed by atoms with Crippen LogP contribution in [0.15, 0.2) is 0 Å². The van der Waals surface area contributed by atoms with Gasteiger partial charge in [0.25, 0.3) is 0 Å². The molecule has 0 spiro atoms. The maximum atomic E-state index is 12.5. The summed E-state index contributed by atoms with van der Waals surface area (Å²) in [5.74, 6) is -1.40. The molecule has 102 valence electrons. The Morgan fingerprint density at radius 3 is 2.56 bits per heavy atom. The lowest BCUT2D eigenvalue weighted by molar-refractivity contribution is -0.156. The molecule has 2 rings (SSSR count). The Labute approximate surface area is 114 Å². The van der Waals surface area contributed by atoms with E-state index in [1.54, 1.807) is 20.8 Å². The van der Waals surface area contributed by atoms with Gasteiger partial charge in [0.1, 0.15) is 4.75 Å². The van der Waals surface area contributed by atoms with E-state index in [9.17, 15) is 19.2 Å². The molecule has 0 aromatic heterocycles. The third kappa shape index (κ3) is 1.82. The zero-order valence-corrected chi connectivity index (χ0v) is 12.0. The summed E-state index contributed by atoms with van der Waals surface area (Å²) in [5.41, 5.74) is 0. The van der Waals surface area contributed by atoms with Gasteiger partial charge >= 0.3 is 5.97 Å². The minimum Gasteiger partial charge on any atom is -0.615 e. The molecule has 2 aliphatic heterocycles. The Hall–Kier alpha value is -0.460. The van der Waals surface area contributed by atoms with E-state index in [2.05, 4.69) is 0 Å². The minimum absolute atomic E-state index is 0.178. The van der Waals surface area contributed by atoms with Crippen LogP contribution >= 0.6 is 11.6 Å². The van der Waals surface area contributed by atoms with Crippen LogP contribution < -0.4 is 0 Å². The molecule has 0 aromatic carbocycles. The van der Waals surface area contributed by atoms with Crippen molar-refractivity contribution in [1.82, 2.24) is 4.90 Å². The van der Waals surface area contributed by atoms with Gasteiger partial charge in [0.2, 0.25) is 10.1 Å². The van der Waals surface area contributed by atoms with Crippen LogP contribution in [-0.2, 0) is 20.8 Å². The number of nitrogens with zero attached hydrogens (tertiary/aromatic N) is 1. The topological polar surface area (TPSA) is 80.7 Å². The quantitative estimate of drug-likeness (QED) is 0.466. The van der Waals surface area contributed by atoms with Crippen molar-refractivity contribution >= 4 is 34.7 Å². The predicted molar refractivity (Wildman–Crippen MR) is 67.8 cm³/mol. The third-order valence-corrected chi connectivity index (χ3v) is 6.29. The number of carbonyl (C=O) groups excluding carboxylic acids is 1. The number of amides is 1. The van der Waals surface area contributed by atoms with Crippen molar-refractivity contribution in [3.8, 4) is 0 Å². The lowest BCUT2D eigenvalue weighted by atomic mass is 10.0. The normalized spacial score (nSPS) is 37.2. The van der Waals surface area contributed by atoms with Gasteiger partial charge in [0, 0.05) is 18.9 Å². The zero-order valence-electron chi connectivity index (χ0n) is 10.5. The van der Waals surface area contributed by atoms with Crippen LogP contribution in [0.3, 0.4) is 0 Å². The molecule has 0 radical (unpaired) electrons. The second kappa shape index (κ2) is 4.02. The lowest BCUT2D eigenvalue weighted by Gasteiger charge is -2.39. The number of carboxylic acid groups (broad SMARTS) is 1. The summed E-state index contributed by atoms with van der Waals surface area (Å²) in [7, 11) is 0. The molecule has 7 heteroatoms. The summed E-state index contributed by atoms with van der Waals surface area (Å²) < 4.78 is 10.5. The van der Waals surface area contributed by atoms with Crippen molar-refractivity contribution in [2.75, 3.05) is 0 Å². The SMILES string of the molecule is CC(C)(C)[S+]([O-])C1(Cl)CC2CC(=O)N2C1C(=O)O. The van der Waals surface area contributed by atoms with Crippen LogP contribution in [0.2, 0.25) is 0 Å². The van der Waals surface area contributed by atoms with Gasteiger partial charge in [-0.3, -0.25) is 4.79 Å². The van der Waals surface area contributed by atoms with Crippen LogP contribution in [0.1, 0.15) is 33.6 Å². The average Bonchev–Trinajstić information content (AvgIpc) is 2.45. The van der Waals surface area contributed by atoms with Crippen LogP contribution in [0, 0.1) is 0 Å². The molecular weight excluding hydrogens is 278 g/mol. The first kappa shape index (κ1) is 14.0. The van der Waals surface area contributed by atoms with Crippen molar-refractivity contribution < 1.29 is 19.2 Å². The molecule has 2 heterocycles. The van der Waals surface area contributed by atoms with Crippen molar-refractivity contribution in [2.24, 2.45) is 0 Å². The number of hydrogen-bond donors (Lipinski definition) is 1. The molecule has 5 nitrogen and oxygen atoms in total. The first-order valence-corrected chi connectivity index (χ1v) is 7.26. The minimum atomic E-state index is -1.55. The number of halogens is 1. The van der Waals surface area contributed by atoms with Gasteiger partial charge in [-0.05, 0) is 31.9 Å². The fourth-order valence-electron chi connectivity index (χ4n) is 2.65. The number of alkyl halides is 1. The summed E-state index contributed by atoms with van der Waals surface area (Å²) in [6, 6.07) is -1.37. The molecule has 2 fully saturated rings. The van der Waals surface area contributed by atoms with Crippen LogP contribution in [0.5, 0.6) is 0 Å². The average molecular weight is 294 g/mol. The Bertz CT molecular complexity index is 410. The molecule has 1 N–H and O–H groups in total. The van der Waals surface area contributed by atoms with E-state index < -0.39 is 32.1 Å². The van der Waals surface area contributed by atoms with Crippen LogP contribution in [0.25, 0.3) is 0 Å². The third-order valence-electron chi connectivity index (χ3n) is 3.39. The van der Waals surface area contributed by atoms with Crippen LogP contribution in [-0.4, -0.2) is 47.5 Å². The number of rotatable bonds is 2. The highest BCUT2D eigenvalue weighted by molar-refractivity contribution is 7.95. The van der Waals surface area contributed by atoms with Gasteiger partial charge < -0.3 is 14.6 Å². The lowest BCUT2D eigenvalue weighted by Crippen LogP contribution is -2.59. The summed E-state index contributed by atoms with van der Waals surface area (Å²) in [4.78, 5) is 24.1. The van der Waals surface area contributed by atoms with Gasteiger partial charge in [-0.1, -0.05) is 11.6 Å². The molecule has 1 amide bonds. The highest BCUT2D eigenvalue weighted by Crippen LogP contribution is 2.51. The molecule has 0 aliphatic carbocycles. The maximum Gasteiger partial charge on any atom is 0.333 e. The number of hydrogen-bond acceptors (Lipinski definition) is 3. The summed E-state index contributed by atoms with van der Waals surface area (Å²) in [5, 5.41) is 9.29. The van der Waals surface area contributed by atoms with Gasteiger partial charge in [-0.15, -0.1) is 0 Å². The van der Waals surface area contributed by atoms with Gasteiger partial charge in [-0.25, -0.2) is 4.79 Å². The van der Waals surface area contributed by atoms with E-state index in [1.165, 1.54) is 4.90 Å². The Kier molecular flexibility index (Phi) is 3.11. The van der Waals surface area contributed by atoms with Crippen molar-refractivity contribution in [1.29, 1.82) is 0 Å². The van der Waals surface area contributed by atoms with Gasteiger partial charge in [0.05, 0.1) is 0 Å². The van der Waals surface area contributed by atoms with Crippen molar-refractivity contribution in [2.45, 2.75) is 54.6 Å². The summed E-state index contributed by atoms with van der Waals surface area (Å²) in [6.45, 7) is 5.26. The summed E-state index contributed by atoms with van der Waals surface area (Å²) in [6.07, 6.45) is 0.584. The standard InChI is InChI=1S/C11H16ClNO4S/c1-10(2,3)18(17)11(12)5-6-4-7(14)13(6)8(11)9(15)16/h6,8H,4-5H2,1-3H3,(H,15,16). The first-order chi connectivity index (χ1) is 8.09. The van der Waals surface area contributed by atoms with Crippen LogP contribution in [0.4, 0.5) is 0 Å². The zero-order chi connectivity index (χ0) is 13.9. The largest absolute Gasteiger partial charge is 0.615 e. The first-order valence-electron chi connectivity index (χ1n) is 5.74. The smallest absolute Gasteiger partial charge is 0.333 e. The van der Waals surface area contributed by atoms with E-state index in [-0.39, 0.29) is 18.4 Å². The molecule has 2 saturated heterocycles. The second-order valence-corrected chi connectivity index (χ2v) is 9.16. The Morgan fingerprint density at radius 1 is 1.61 bits per heavy atom. The molecular formula is C11H16ClNO4S. The molecule has 2 aliphatic rings. The highest BCUT2D eigenvalue weighted by atomic mass is 35.5. The van der Waals surface area contributed by atoms with E-state index in [0.29, 0.717) is 6.42 Å².